The molecule has 0 N–H and O–H groups in total. The van der Waals surface area contributed by atoms with Gasteiger partial charge in [0, 0.05) is 0 Å². The van der Waals surface area contributed by atoms with Crippen molar-refractivity contribution in [3.63, 3.8) is 0 Å². The summed E-state index contributed by atoms with van der Waals surface area (Å²) in [5, 5.41) is 1.59. The largest absolute Gasteiger partial charge is 0.130 e. The first-order chi connectivity index (χ1) is 4.83. The van der Waals surface area contributed by atoms with Crippen LogP contribution < -0.4 is 0 Å². The molecule has 0 amide bonds. The highest BCUT2D eigenvalue weighted by molar-refractivity contribution is 7.42. The van der Waals surface area contributed by atoms with Gasteiger partial charge < -0.3 is 0 Å². The van der Waals surface area contributed by atoms with Crippen molar-refractivity contribution in [1.29, 1.82) is 0 Å². The van der Waals surface area contributed by atoms with Gasteiger partial charge in [-0.1, -0.05) is 6.92 Å². The Labute approximate surface area is 84.2 Å². The Balaban J connectivity index is 4.53. The Hall–Kier alpha value is 2.58. The number of hydrogen-bond donors (Lipinski definition) is 0. The standard InChI is InChI=1S/C5H18P6/c1-5(2(6)7,3(8)9)4(10)11/h2-4H,6-11H2,1H3. The summed E-state index contributed by atoms with van der Waals surface area (Å²) in [5.74, 6) is 0. The van der Waals surface area contributed by atoms with E-state index in [4.69, 9.17) is 0 Å². The minimum absolute atomic E-state index is 0.278. The van der Waals surface area contributed by atoms with Crippen LogP contribution in [0.4, 0.5) is 0 Å². The van der Waals surface area contributed by atoms with Gasteiger partial charge in [0.05, 0.1) is 0 Å². The zero-order valence-electron chi connectivity index (χ0n) is 6.70. The van der Waals surface area contributed by atoms with Crippen LogP contribution in [-0.4, -0.2) is 16.2 Å². The minimum Gasteiger partial charge on any atom is -0.130 e. The van der Waals surface area contributed by atoms with E-state index in [9.17, 15) is 0 Å². The van der Waals surface area contributed by atoms with Crippen molar-refractivity contribution in [2.45, 2.75) is 23.1 Å². The van der Waals surface area contributed by atoms with Crippen LogP contribution in [0.1, 0.15) is 6.92 Å². The zero-order valence-corrected chi connectivity index (χ0v) is 13.6. The van der Waals surface area contributed by atoms with Crippen molar-refractivity contribution in [3.05, 3.63) is 0 Å². The lowest BCUT2D eigenvalue weighted by molar-refractivity contribution is 0.439. The number of hydrogen-bond acceptors (Lipinski definition) is 0. The summed E-state index contributed by atoms with van der Waals surface area (Å²) in [4.78, 5) is 0. The van der Waals surface area contributed by atoms with Crippen LogP contribution in [0.5, 0.6) is 0 Å². The fraction of sp³-hybridized carbons (Fsp3) is 1.00. The highest BCUT2D eigenvalue weighted by atomic mass is 31.1. The smallest absolute Gasteiger partial charge is 0.00345 e. The average molecular weight is 264 g/mol. The molecule has 0 bridgehead atoms. The van der Waals surface area contributed by atoms with Crippen molar-refractivity contribution >= 4 is 55.4 Å². The minimum atomic E-state index is 0.278. The summed E-state index contributed by atoms with van der Waals surface area (Å²) < 4.78 is 0. The van der Waals surface area contributed by atoms with Crippen molar-refractivity contribution < 1.29 is 0 Å². The molecule has 0 aliphatic rings. The molecule has 0 saturated heterocycles. The third-order valence-electron chi connectivity index (χ3n) is 2.15. The molecule has 0 fully saturated rings. The van der Waals surface area contributed by atoms with E-state index in [1.807, 2.05) is 0 Å². The predicted octanol–water partition coefficient (Wildman–Crippen LogP) is 2.22. The summed E-state index contributed by atoms with van der Waals surface area (Å²) in [7, 11) is 17.1. The molecule has 0 aliphatic heterocycles. The molecule has 68 valence electrons. The maximum Gasteiger partial charge on any atom is -0.00345 e. The zero-order chi connectivity index (χ0) is 9.23. The Bertz CT molecular complexity index is 98.4. The molecule has 0 aromatic rings. The first-order valence-electron chi connectivity index (χ1n) is 3.37. The molecule has 0 aromatic heterocycles. The predicted molar refractivity (Wildman–Crippen MR) is 77.7 cm³/mol. The molecule has 6 atom stereocenters. The second-order valence-corrected chi connectivity index (χ2v) is 9.56. The number of rotatable bonds is 3. The van der Waals surface area contributed by atoms with E-state index >= 15 is 0 Å². The quantitative estimate of drug-likeness (QED) is 0.686. The van der Waals surface area contributed by atoms with Crippen molar-refractivity contribution in [1.82, 2.24) is 0 Å². The average Bonchev–Trinajstić information content (AvgIpc) is 1.84. The molecule has 0 nitrogen and oxygen atoms in total. The van der Waals surface area contributed by atoms with Gasteiger partial charge in [-0.3, -0.25) is 0 Å². The van der Waals surface area contributed by atoms with Crippen LogP contribution in [0.3, 0.4) is 0 Å². The van der Waals surface area contributed by atoms with E-state index in [1.54, 1.807) is 0 Å². The molecule has 0 spiro atoms. The lowest BCUT2D eigenvalue weighted by Gasteiger charge is -2.40. The van der Waals surface area contributed by atoms with Gasteiger partial charge in [-0.05, 0) is 21.6 Å². The SMILES string of the molecule is CC(C(P)P)(C(P)P)C(P)P. The van der Waals surface area contributed by atoms with Gasteiger partial charge in [-0.15, -0.1) is 55.4 Å². The van der Waals surface area contributed by atoms with Gasteiger partial charge in [-0.25, -0.2) is 0 Å². The van der Waals surface area contributed by atoms with Gasteiger partial charge in [0.2, 0.25) is 0 Å². The highest BCUT2D eigenvalue weighted by Gasteiger charge is 2.36. The summed E-state index contributed by atoms with van der Waals surface area (Å²) in [6.07, 6.45) is 0. The van der Waals surface area contributed by atoms with Gasteiger partial charge in [-0.2, -0.15) is 0 Å². The van der Waals surface area contributed by atoms with E-state index in [2.05, 4.69) is 62.4 Å². The Morgan fingerprint density at radius 3 is 0.909 bits per heavy atom. The molecule has 0 aliphatic carbocycles. The maximum atomic E-state index is 2.85. The van der Waals surface area contributed by atoms with E-state index in [0.717, 1.165) is 0 Å². The van der Waals surface area contributed by atoms with Crippen molar-refractivity contribution in [2.75, 3.05) is 0 Å². The summed E-state index contributed by atoms with van der Waals surface area (Å²) in [6, 6.07) is 0. The van der Waals surface area contributed by atoms with E-state index in [1.165, 1.54) is 0 Å². The van der Waals surface area contributed by atoms with E-state index in [-0.39, 0.29) is 5.41 Å². The first kappa shape index (κ1) is 13.6. The molecule has 0 aromatic carbocycles. The molecule has 11 heavy (non-hydrogen) atoms. The molecular formula is C5H18P6. The van der Waals surface area contributed by atoms with E-state index in [0.29, 0.717) is 16.2 Å². The molecule has 0 rings (SSSR count). The molecular weight excluding hydrogens is 246 g/mol. The highest BCUT2D eigenvalue weighted by Crippen LogP contribution is 2.49. The molecule has 0 radical (unpaired) electrons. The van der Waals surface area contributed by atoms with Crippen LogP contribution in [-0.2, 0) is 0 Å². The van der Waals surface area contributed by atoms with Gasteiger partial charge >= 0.3 is 0 Å². The topological polar surface area (TPSA) is 0 Å². The molecule has 0 saturated carbocycles. The Morgan fingerprint density at radius 2 is 0.909 bits per heavy atom. The summed E-state index contributed by atoms with van der Waals surface area (Å²) >= 11 is 0. The van der Waals surface area contributed by atoms with Crippen LogP contribution in [0.2, 0.25) is 0 Å². The summed E-state index contributed by atoms with van der Waals surface area (Å²) in [5.41, 5.74) is 0.278. The monoisotopic (exact) mass is 264 g/mol. The lowest BCUT2D eigenvalue weighted by atomic mass is 9.98. The Morgan fingerprint density at radius 1 is 0.727 bits per heavy atom. The molecule has 6 unspecified atom stereocenters. The fourth-order valence-electron chi connectivity index (χ4n) is 0.667. The third-order valence-corrected chi connectivity index (χ3v) is 6.46. The normalized spacial score (nSPS) is 13.6. The van der Waals surface area contributed by atoms with Crippen molar-refractivity contribution in [2.24, 2.45) is 5.41 Å². The van der Waals surface area contributed by atoms with Gasteiger partial charge in [0.15, 0.2) is 0 Å². The second kappa shape index (κ2) is 5.46. The van der Waals surface area contributed by atoms with Crippen molar-refractivity contribution in [3.8, 4) is 0 Å². The molecule has 0 heterocycles. The lowest BCUT2D eigenvalue weighted by Crippen LogP contribution is -2.36. The fourth-order valence-corrected chi connectivity index (χ4v) is 6.00. The van der Waals surface area contributed by atoms with Gasteiger partial charge in [0.1, 0.15) is 0 Å². The van der Waals surface area contributed by atoms with Crippen LogP contribution in [0.15, 0.2) is 0 Å². The third kappa shape index (κ3) is 3.32. The summed E-state index contributed by atoms with van der Waals surface area (Å²) in [6.45, 7) is 2.28. The second-order valence-electron chi connectivity index (χ2n) is 2.94. The first-order valence-corrected chi connectivity index (χ1v) is 7.37. The van der Waals surface area contributed by atoms with Crippen LogP contribution >= 0.6 is 55.4 Å². The van der Waals surface area contributed by atoms with Gasteiger partial charge in [0.25, 0.3) is 0 Å². The Kier molecular flexibility index (Phi) is 6.74. The van der Waals surface area contributed by atoms with E-state index < -0.39 is 0 Å². The maximum absolute atomic E-state index is 2.85. The molecule has 6 heteroatoms. The van der Waals surface area contributed by atoms with Crippen LogP contribution in [0.25, 0.3) is 0 Å². The van der Waals surface area contributed by atoms with Crippen LogP contribution in [0, 0.1) is 5.41 Å².